The molecule has 0 radical (unpaired) electrons. The fourth-order valence-corrected chi connectivity index (χ4v) is 2.56. The summed E-state index contributed by atoms with van der Waals surface area (Å²) in [5.74, 6) is 0. The topological polar surface area (TPSA) is 48.0 Å². The highest BCUT2D eigenvalue weighted by Gasteiger charge is 2.16. The predicted octanol–water partition coefficient (Wildman–Crippen LogP) is 1.06. The van der Waals surface area contributed by atoms with Gasteiger partial charge in [0.25, 0.3) is 5.56 Å². The summed E-state index contributed by atoms with van der Waals surface area (Å²) in [6.07, 6.45) is 1.64. The first kappa shape index (κ1) is 9.60. The van der Waals surface area contributed by atoms with Crippen molar-refractivity contribution < 1.29 is 0 Å². The molecule has 16 heavy (non-hydrogen) atoms. The van der Waals surface area contributed by atoms with E-state index < -0.39 is 0 Å². The predicted molar refractivity (Wildman–Crippen MR) is 64.7 cm³/mol. The summed E-state index contributed by atoms with van der Waals surface area (Å²) >= 11 is 0. The maximum Gasteiger partial charge on any atom is 0.254 e. The van der Waals surface area contributed by atoms with Crippen LogP contribution in [0.2, 0.25) is 0 Å². The van der Waals surface area contributed by atoms with Crippen molar-refractivity contribution in [3.8, 4) is 0 Å². The van der Waals surface area contributed by atoms with Crippen LogP contribution in [0.4, 0.5) is 0 Å². The van der Waals surface area contributed by atoms with Gasteiger partial charge in [0.05, 0.1) is 5.52 Å². The molecule has 0 amide bonds. The molecule has 3 nitrogen and oxygen atoms in total. The van der Waals surface area contributed by atoms with E-state index in [0.717, 1.165) is 29.4 Å². The second-order valence-electron chi connectivity index (χ2n) is 4.27. The first-order chi connectivity index (χ1) is 7.81. The van der Waals surface area contributed by atoms with Gasteiger partial charge in [0.15, 0.2) is 0 Å². The third-order valence-electron chi connectivity index (χ3n) is 3.29. The molecule has 2 N–H and O–H groups in total. The molecular weight excluding hydrogens is 200 g/mol. The lowest BCUT2D eigenvalue weighted by Crippen LogP contribution is -2.23. The van der Waals surface area contributed by atoms with Crippen molar-refractivity contribution in [2.45, 2.75) is 19.4 Å². The van der Waals surface area contributed by atoms with Gasteiger partial charge in [-0.2, -0.15) is 0 Å². The molecule has 1 aliphatic rings. The highest BCUT2D eigenvalue weighted by atomic mass is 16.1. The minimum absolute atomic E-state index is 0.142. The summed E-state index contributed by atoms with van der Waals surface area (Å²) in [6, 6.07) is 8.23. The van der Waals surface area contributed by atoms with E-state index >= 15 is 0 Å². The molecule has 1 aromatic carbocycles. The molecule has 0 aliphatic carbocycles. The summed E-state index contributed by atoms with van der Waals surface area (Å²) in [7, 11) is 0. The quantitative estimate of drug-likeness (QED) is 0.812. The molecule has 0 fully saturated rings. The van der Waals surface area contributed by atoms with Gasteiger partial charge in [-0.3, -0.25) is 4.79 Å². The molecular formula is C13H14N2O. The Balaban J connectivity index is 2.38. The summed E-state index contributed by atoms with van der Waals surface area (Å²) in [5, 5.41) is 1.16. The van der Waals surface area contributed by atoms with Crippen molar-refractivity contribution in [1.29, 1.82) is 0 Å². The zero-order valence-electron chi connectivity index (χ0n) is 9.07. The summed E-state index contributed by atoms with van der Waals surface area (Å²) in [4.78, 5) is 12.1. The molecule has 0 saturated heterocycles. The number of nitrogens with zero attached hydrogens (tertiary/aromatic N) is 1. The second kappa shape index (κ2) is 3.46. The lowest BCUT2D eigenvalue weighted by atomic mass is 10.1. The number of pyridine rings is 1. The summed E-state index contributed by atoms with van der Waals surface area (Å²) in [5.41, 5.74) is 8.92. The molecule has 3 heteroatoms. The Labute approximate surface area is 93.5 Å². The highest BCUT2D eigenvalue weighted by molar-refractivity contribution is 5.84. The lowest BCUT2D eigenvalue weighted by molar-refractivity contribution is 0.729. The van der Waals surface area contributed by atoms with Crippen LogP contribution in [0.25, 0.3) is 10.9 Å². The summed E-state index contributed by atoms with van der Waals surface area (Å²) in [6.45, 7) is 1.34. The van der Waals surface area contributed by atoms with Crippen LogP contribution in [0.5, 0.6) is 0 Å². The number of hydrogen-bond acceptors (Lipinski definition) is 2. The smallest absolute Gasteiger partial charge is 0.254 e. The number of aryl methyl sites for hydroxylation is 2. The van der Waals surface area contributed by atoms with Crippen LogP contribution < -0.4 is 11.3 Å². The Morgan fingerprint density at radius 1 is 1.38 bits per heavy atom. The van der Waals surface area contributed by atoms with Crippen LogP contribution >= 0.6 is 0 Å². The van der Waals surface area contributed by atoms with Crippen molar-refractivity contribution in [1.82, 2.24) is 4.57 Å². The molecule has 0 saturated carbocycles. The van der Waals surface area contributed by atoms with E-state index in [-0.39, 0.29) is 5.56 Å². The van der Waals surface area contributed by atoms with E-state index in [1.807, 2.05) is 10.6 Å². The standard InChI is InChI=1S/C13H14N2O/c14-6-4-11-8-10-3-1-2-9-5-7-15(12(9)10)13(11)16/h1-3,8H,4-7,14H2. The van der Waals surface area contributed by atoms with Crippen molar-refractivity contribution in [3.05, 3.63) is 45.7 Å². The van der Waals surface area contributed by atoms with Crippen LogP contribution in [-0.2, 0) is 19.4 Å². The Morgan fingerprint density at radius 2 is 2.25 bits per heavy atom. The van der Waals surface area contributed by atoms with Gasteiger partial charge in [-0.1, -0.05) is 18.2 Å². The molecule has 0 spiro atoms. The average molecular weight is 214 g/mol. The fourth-order valence-electron chi connectivity index (χ4n) is 2.56. The minimum atomic E-state index is 0.142. The van der Waals surface area contributed by atoms with Crippen molar-refractivity contribution >= 4 is 10.9 Å². The van der Waals surface area contributed by atoms with Crippen molar-refractivity contribution in [2.24, 2.45) is 5.73 Å². The van der Waals surface area contributed by atoms with Crippen molar-refractivity contribution in [3.63, 3.8) is 0 Å². The Kier molecular flexibility index (Phi) is 2.07. The first-order valence-corrected chi connectivity index (χ1v) is 5.65. The van der Waals surface area contributed by atoms with Gasteiger partial charge in [0, 0.05) is 12.1 Å². The van der Waals surface area contributed by atoms with E-state index in [9.17, 15) is 4.79 Å². The van der Waals surface area contributed by atoms with Crippen LogP contribution in [0.3, 0.4) is 0 Å². The van der Waals surface area contributed by atoms with Crippen molar-refractivity contribution in [2.75, 3.05) is 6.54 Å². The van der Waals surface area contributed by atoms with E-state index in [0.29, 0.717) is 13.0 Å². The number of aromatic nitrogens is 1. The second-order valence-corrected chi connectivity index (χ2v) is 4.27. The number of para-hydroxylation sites is 1. The Morgan fingerprint density at radius 3 is 3.06 bits per heavy atom. The molecule has 2 aromatic rings. The maximum atomic E-state index is 12.1. The molecule has 0 atom stereocenters. The fraction of sp³-hybridized carbons (Fsp3) is 0.308. The zero-order chi connectivity index (χ0) is 11.1. The monoisotopic (exact) mass is 214 g/mol. The number of hydrogen-bond donors (Lipinski definition) is 1. The molecule has 82 valence electrons. The normalized spacial score (nSPS) is 13.6. The van der Waals surface area contributed by atoms with E-state index in [2.05, 4.69) is 18.2 Å². The third kappa shape index (κ3) is 1.21. The van der Waals surface area contributed by atoms with Gasteiger partial charge in [0.1, 0.15) is 0 Å². The molecule has 0 bridgehead atoms. The van der Waals surface area contributed by atoms with Gasteiger partial charge < -0.3 is 10.3 Å². The van der Waals surface area contributed by atoms with Gasteiger partial charge in [-0.05, 0) is 36.4 Å². The Hall–Kier alpha value is -1.61. The van der Waals surface area contributed by atoms with Gasteiger partial charge in [-0.25, -0.2) is 0 Å². The number of rotatable bonds is 2. The first-order valence-electron chi connectivity index (χ1n) is 5.65. The van der Waals surface area contributed by atoms with Gasteiger partial charge in [-0.15, -0.1) is 0 Å². The molecule has 3 rings (SSSR count). The number of benzene rings is 1. The lowest BCUT2D eigenvalue weighted by Gasteiger charge is -2.07. The van der Waals surface area contributed by atoms with Crippen LogP contribution in [-0.4, -0.2) is 11.1 Å². The average Bonchev–Trinajstić information content (AvgIpc) is 2.71. The van der Waals surface area contributed by atoms with Crippen LogP contribution in [0, 0.1) is 0 Å². The highest BCUT2D eigenvalue weighted by Crippen LogP contribution is 2.24. The Bertz CT molecular complexity index is 613. The van der Waals surface area contributed by atoms with Gasteiger partial charge >= 0.3 is 0 Å². The van der Waals surface area contributed by atoms with E-state index in [4.69, 9.17) is 5.73 Å². The van der Waals surface area contributed by atoms with Crippen LogP contribution in [0.1, 0.15) is 11.1 Å². The molecule has 1 aromatic heterocycles. The van der Waals surface area contributed by atoms with Crippen LogP contribution in [0.15, 0.2) is 29.1 Å². The zero-order valence-corrected chi connectivity index (χ0v) is 9.07. The number of nitrogens with two attached hydrogens (primary N) is 1. The molecule has 2 heterocycles. The third-order valence-corrected chi connectivity index (χ3v) is 3.29. The maximum absolute atomic E-state index is 12.1. The van der Waals surface area contributed by atoms with Gasteiger partial charge in [0.2, 0.25) is 0 Å². The van der Waals surface area contributed by atoms with E-state index in [1.54, 1.807) is 0 Å². The molecule has 1 aliphatic heterocycles. The molecule has 0 unspecified atom stereocenters. The minimum Gasteiger partial charge on any atom is -0.330 e. The SMILES string of the molecule is NCCc1cc2cccc3c2n(c1=O)CC3. The van der Waals surface area contributed by atoms with E-state index in [1.165, 1.54) is 5.56 Å². The summed E-state index contributed by atoms with van der Waals surface area (Å²) < 4.78 is 1.90. The largest absolute Gasteiger partial charge is 0.330 e.